The molecule has 6 heteroatoms. The van der Waals surface area contributed by atoms with Gasteiger partial charge in [-0.1, -0.05) is 76.2 Å². The molecule has 1 aromatic carbocycles. The molecular weight excluding hydrogens is 486 g/mol. The van der Waals surface area contributed by atoms with E-state index >= 15 is 0 Å². The second kappa shape index (κ2) is 12.9. The van der Waals surface area contributed by atoms with Gasteiger partial charge >= 0.3 is 0 Å². The van der Waals surface area contributed by atoms with Crippen molar-refractivity contribution in [3.63, 3.8) is 0 Å². The summed E-state index contributed by atoms with van der Waals surface area (Å²) in [6.07, 6.45) is 5.29. The first-order valence-electron chi connectivity index (χ1n) is 14.9. The third kappa shape index (κ3) is 9.36. The molecule has 220 valence electrons. The van der Waals surface area contributed by atoms with E-state index in [0.29, 0.717) is 23.0 Å². The normalized spacial score (nSPS) is 20.1. The monoisotopic (exact) mass is 541 g/mol. The Morgan fingerprint density at radius 1 is 0.667 bits per heavy atom. The number of hydrogen-bond donors (Lipinski definition) is 3. The molecule has 2 atom stereocenters. The number of anilines is 3. The number of nitrogens with one attached hydrogen (secondary N) is 3. The molecular formula is C33H55N3O3. The van der Waals surface area contributed by atoms with Crippen molar-refractivity contribution in [3.05, 3.63) is 18.2 Å². The fraction of sp³-hybridized carbons (Fsp3) is 0.727. The van der Waals surface area contributed by atoms with Crippen LogP contribution in [0, 0.1) is 39.9 Å². The van der Waals surface area contributed by atoms with Crippen LogP contribution in [0.3, 0.4) is 0 Å². The molecule has 1 aromatic rings. The molecule has 3 N–H and O–H groups in total. The Kier molecular flexibility index (Phi) is 10.8. The van der Waals surface area contributed by atoms with Crippen molar-refractivity contribution in [2.24, 2.45) is 39.9 Å². The molecule has 0 aromatic heterocycles. The summed E-state index contributed by atoms with van der Waals surface area (Å²) in [5.74, 6) is 0.139. The summed E-state index contributed by atoms with van der Waals surface area (Å²) in [6, 6.07) is 5.37. The van der Waals surface area contributed by atoms with E-state index in [9.17, 15) is 14.4 Å². The average molecular weight is 542 g/mol. The number of benzene rings is 1. The molecule has 3 amide bonds. The molecule has 6 nitrogen and oxygen atoms in total. The van der Waals surface area contributed by atoms with E-state index < -0.39 is 0 Å². The maximum absolute atomic E-state index is 13.3. The zero-order chi connectivity index (χ0) is 29.8. The lowest BCUT2D eigenvalue weighted by atomic mass is 9.69. The Labute approximate surface area is 237 Å². The van der Waals surface area contributed by atoms with Gasteiger partial charge in [0.1, 0.15) is 0 Å². The van der Waals surface area contributed by atoms with Gasteiger partial charge in [-0.3, -0.25) is 14.4 Å². The molecule has 1 aliphatic carbocycles. The van der Waals surface area contributed by atoms with E-state index in [2.05, 4.69) is 78.3 Å². The van der Waals surface area contributed by atoms with E-state index in [1.165, 1.54) is 0 Å². The van der Waals surface area contributed by atoms with Crippen molar-refractivity contribution < 1.29 is 14.4 Å². The summed E-state index contributed by atoms with van der Waals surface area (Å²) in [6.45, 7) is 23.3. The van der Waals surface area contributed by atoms with Crippen molar-refractivity contribution in [2.75, 3.05) is 16.0 Å². The number of hydrogen-bond acceptors (Lipinski definition) is 3. The highest BCUT2D eigenvalue weighted by molar-refractivity contribution is 5.99. The van der Waals surface area contributed by atoms with E-state index in [0.717, 1.165) is 38.5 Å². The summed E-state index contributed by atoms with van der Waals surface area (Å²) >= 11 is 0. The fourth-order valence-corrected chi connectivity index (χ4v) is 6.15. The molecule has 1 fully saturated rings. The van der Waals surface area contributed by atoms with Gasteiger partial charge in [-0.2, -0.15) is 0 Å². The van der Waals surface area contributed by atoms with Crippen LogP contribution in [0.4, 0.5) is 17.1 Å². The molecule has 0 aliphatic heterocycles. The van der Waals surface area contributed by atoms with Crippen molar-refractivity contribution in [1.29, 1.82) is 0 Å². The first-order chi connectivity index (χ1) is 17.9. The maximum Gasteiger partial charge on any atom is 0.228 e. The number of carbonyl (C=O) groups is 3. The van der Waals surface area contributed by atoms with Crippen LogP contribution in [0.1, 0.15) is 115 Å². The SMILES string of the molecule is CCC(C(=O)Nc1cc(NC(=O)C2CCC(C(C)(C)C)CC2)cc(NC(=O)C(CC)C(C)(C)C)c1)C(C)(C)C. The van der Waals surface area contributed by atoms with Crippen LogP contribution >= 0.6 is 0 Å². The van der Waals surface area contributed by atoms with Crippen LogP contribution in [0.5, 0.6) is 0 Å². The minimum atomic E-state index is -0.186. The number of amides is 3. The summed E-state index contributed by atoms with van der Waals surface area (Å²) in [7, 11) is 0. The summed E-state index contributed by atoms with van der Waals surface area (Å²) in [4.78, 5) is 39.7. The predicted molar refractivity (Wildman–Crippen MR) is 164 cm³/mol. The molecule has 1 saturated carbocycles. The molecule has 39 heavy (non-hydrogen) atoms. The third-order valence-corrected chi connectivity index (χ3v) is 8.60. The Morgan fingerprint density at radius 3 is 1.33 bits per heavy atom. The van der Waals surface area contributed by atoms with E-state index in [-0.39, 0.29) is 51.7 Å². The highest BCUT2D eigenvalue weighted by Crippen LogP contribution is 2.40. The highest BCUT2D eigenvalue weighted by atomic mass is 16.2. The molecule has 0 saturated heterocycles. The molecule has 0 spiro atoms. The topological polar surface area (TPSA) is 87.3 Å². The highest BCUT2D eigenvalue weighted by Gasteiger charge is 2.33. The second-order valence-corrected chi connectivity index (χ2v) is 14.8. The van der Waals surface area contributed by atoms with E-state index in [1.54, 1.807) is 18.2 Å². The first-order valence-corrected chi connectivity index (χ1v) is 14.9. The lowest BCUT2D eigenvalue weighted by molar-refractivity contribution is -0.123. The van der Waals surface area contributed by atoms with Gasteiger partial charge in [-0.25, -0.2) is 0 Å². The summed E-state index contributed by atoms with van der Waals surface area (Å²) in [5.41, 5.74) is 1.60. The predicted octanol–water partition coefficient (Wildman–Crippen LogP) is 8.50. The quantitative estimate of drug-likeness (QED) is 0.308. The van der Waals surface area contributed by atoms with Gasteiger partial charge in [0, 0.05) is 34.8 Å². The molecule has 2 rings (SSSR count). The van der Waals surface area contributed by atoms with Crippen molar-refractivity contribution in [1.82, 2.24) is 0 Å². The Bertz CT molecular complexity index is 948. The molecule has 1 aliphatic rings. The zero-order valence-corrected chi connectivity index (χ0v) is 26.5. The average Bonchev–Trinajstić information content (AvgIpc) is 2.77. The van der Waals surface area contributed by atoms with Crippen molar-refractivity contribution in [2.45, 2.75) is 115 Å². The largest absolute Gasteiger partial charge is 0.326 e. The lowest BCUT2D eigenvalue weighted by Crippen LogP contribution is -2.33. The van der Waals surface area contributed by atoms with E-state index in [4.69, 9.17) is 0 Å². The van der Waals surface area contributed by atoms with Crippen LogP contribution in [-0.4, -0.2) is 17.7 Å². The lowest BCUT2D eigenvalue weighted by Gasteiger charge is -2.36. The number of rotatable bonds is 8. The van der Waals surface area contributed by atoms with Gasteiger partial charge < -0.3 is 16.0 Å². The van der Waals surface area contributed by atoms with Crippen molar-refractivity contribution >= 4 is 34.8 Å². The number of carbonyl (C=O) groups excluding carboxylic acids is 3. The minimum absolute atomic E-state index is 0.00497. The smallest absolute Gasteiger partial charge is 0.228 e. The summed E-state index contributed by atoms with van der Waals surface area (Å²) in [5, 5.41) is 9.22. The zero-order valence-electron chi connectivity index (χ0n) is 26.5. The van der Waals surface area contributed by atoms with Crippen LogP contribution < -0.4 is 16.0 Å². The van der Waals surface area contributed by atoms with Gasteiger partial charge in [0.25, 0.3) is 0 Å². The third-order valence-electron chi connectivity index (χ3n) is 8.60. The standard InChI is InChI=1S/C33H55N3O3/c1-12-26(32(6,7)8)29(38)35-24-18-23(19-25(20-24)36-30(39)27(13-2)33(9,10)11)34-28(37)21-14-16-22(17-15-21)31(3,4)5/h18-22,26-27H,12-17H2,1-11H3,(H,34,37)(H,35,38)(H,36,39). The van der Waals surface area contributed by atoms with Crippen LogP contribution in [-0.2, 0) is 14.4 Å². The Balaban J connectivity index is 2.31. The Morgan fingerprint density at radius 2 is 1.03 bits per heavy atom. The van der Waals surface area contributed by atoms with Crippen molar-refractivity contribution in [3.8, 4) is 0 Å². The van der Waals surface area contributed by atoms with Crippen LogP contribution in [0.25, 0.3) is 0 Å². The second-order valence-electron chi connectivity index (χ2n) is 14.8. The van der Waals surface area contributed by atoms with Gasteiger partial charge in [-0.15, -0.1) is 0 Å². The van der Waals surface area contributed by atoms with Gasteiger partial charge in [0.2, 0.25) is 17.7 Å². The van der Waals surface area contributed by atoms with Crippen LogP contribution in [0.2, 0.25) is 0 Å². The van der Waals surface area contributed by atoms with Gasteiger partial charge in [0.15, 0.2) is 0 Å². The Hall–Kier alpha value is -2.37. The van der Waals surface area contributed by atoms with Gasteiger partial charge in [-0.05, 0) is 78.9 Å². The maximum atomic E-state index is 13.3. The molecule has 0 bridgehead atoms. The van der Waals surface area contributed by atoms with Gasteiger partial charge in [0.05, 0.1) is 0 Å². The van der Waals surface area contributed by atoms with E-state index in [1.807, 2.05) is 13.8 Å². The minimum Gasteiger partial charge on any atom is -0.326 e. The van der Waals surface area contributed by atoms with Crippen LogP contribution in [0.15, 0.2) is 18.2 Å². The fourth-order valence-electron chi connectivity index (χ4n) is 6.15. The molecule has 0 radical (unpaired) electrons. The molecule has 0 heterocycles. The summed E-state index contributed by atoms with van der Waals surface area (Å²) < 4.78 is 0. The molecule has 2 unspecified atom stereocenters. The first kappa shape index (κ1) is 32.8.